The van der Waals surface area contributed by atoms with Crippen molar-refractivity contribution in [2.24, 2.45) is 5.92 Å². The van der Waals surface area contributed by atoms with Gasteiger partial charge in [-0.1, -0.05) is 19.8 Å². The highest BCUT2D eigenvalue weighted by molar-refractivity contribution is 4.85. The normalized spacial score (nSPS) is 18.8. The van der Waals surface area contributed by atoms with Gasteiger partial charge < -0.3 is 4.98 Å². The molecule has 0 amide bonds. The molecule has 1 unspecified atom stereocenters. The fourth-order valence-electron chi connectivity index (χ4n) is 1.83. The minimum Gasteiger partial charge on any atom is -0.313 e. The molecule has 1 atom stereocenters. The van der Waals surface area contributed by atoms with E-state index in [1.165, 1.54) is 19.3 Å². The second kappa shape index (κ2) is 3.40. The van der Waals surface area contributed by atoms with Gasteiger partial charge in [-0.2, -0.15) is 0 Å². The maximum atomic E-state index is 11.3. The molecule has 72 valence electrons. The van der Waals surface area contributed by atoms with Crippen molar-refractivity contribution in [3.8, 4) is 0 Å². The van der Waals surface area contributed by atoms with Gasteiger partial charge in [0.1, 0.15) is 0 Å². The van der Waals surface area contributed by atoms with Gasteiger partial charge >= 0.3 is 5.69 Å². The zero-order chi connectivity index (χ0) is 9.26. The quantitative estimate of drug-likeness (QED) is 0.755. The van der Waals surface area contributed by atoms with Gasteiger partial charge in [0.25, 0.3) is 0 Å². The molecule has 1 aromatic rings. The van der Waals surface area contributed by atoms with Gasteiger partial charge in [-0.25, -0.2) is 4.79 Å². The Morgan fingerprint density at radius 3 is 2.92 bits per heavy atom. The van der Waals surface area contributed by atoms with Crippen molar-refractivity contribution in [3.05, 3.63) is 22.9 Å². The van der Waals surface area contributed by atoms with Crippen molar-refractivity contribution in [1.29, 1.82) is 0 Å². The fraction of sp³-hybridized carbons (Fsp3) is 0.700. The molecule has 1 N–H and O–H groups in total. The van der Waals surface area contributed by atoms with E-state index in [1.54, 1.807) is 6.20 Å². The topological polar surface area (TPSA) is 37.8 Å². The van der Waals surface area contributed by atoms with Crippen molar-refractivity contribution in [1.82, 2.24) is 9.55 Å². The second-order valence-electron chi connectivity index (χ2n) is 3.91. The predicted molar refractivity (Wildman–Crippen MR) is 51.7 cm³/mol. The van der Waals surface area contributed by atoms with E-state index < -0.39 is 0 Å². The molecule has 0 bridgehead atoms. The summed E-state index contributed by atoms with van der Waals surface area (Å²) < 4.78 is 1.83. The summed E-state index contributed by atoms with van der Waals surface area (Å²) in [5, 5.41) is 0. The maximum absolute atomic E-state index is 11.3. The molecule has 13 heavy (non-hydrogen) atoms. The summed E-state index contributed by atoms with van der Waals surface area (Å²) in [6.07, 6.45) is 8.52. The molecule has 1 heterocycles. The summed E-state index contributed by atoms with van der Waals surface area (Å²) in [4.78, 5) is 14.0. The van der Waals surface area contributed by atoms with Crippen molar-refractivity contribution >= 4 is 0 Å². The first-order valence-electron chi connectivity index (χ1n) is 5.06. The molecular weight excluding hydrogens is 164 g/mol. The smallest absolute Gasteiger partial charge is 0.313 e. The van der Waals surface area contributed by atoms with Crippen LogP contribution in [0.15, 0.2) is 17.2 Å². The first kappa shape index (κ1) is 8.60. The van der Waals surface area contributed by atoms with Crippen LogP contribution in [-0.2, 0) is 0 Å². The van der Waals surface area contributed by atoms with Crippen molar-refractivity contribution in [3.63, 3.8) is 0 Å². The molecule has 1 aliphatic rings. The van der Waals surface area contributed by atoms with Gasteiger partial charge in [0.2, 0.25) is 0 Å². The minimum atomic E-state index is 0.0347. The molecule has 3 nitrogen and oxygen atoms in total. The van der Waals surface area contributed by atoms with Crippen LogP contribution in [0, 0.1) is 5.92 Å². The molecule has 0 saturated heterocycles. The van der Waals surface area contributed by atoms with Gasteiger partial charge in [-0.15, -0.1) is 0 Å². The molecular formula is C10H16N2O. The largest absolute Gasteiger partial charge is 0.325 e. The van der Waals surface area contributed by atoms with E-state index in [4.69, 9.17) is 0 Å². The lowest BCUT2D eigenvalue weighted by atomic mass is 10.1. The Morgan fingerprint density at radius 2 is 2.46 bits per heavy atom. The molecule has 0 radical (unpaired) electrons. The standard InChI is InChI=1S/C10H16N2O/c1-2-9(7-8-3-4-8)12-6-5-11-10(12)13/h5-6,8-9H,2-4,7H2,1H3,(H,11,13). The van der Waals surface area contributed by atoms with E-state index in [-0.39, 0.29) is 5.69 Å². The average molecular weight is 180 g/mol. The zero-order valence-electron chi connectivity index (χ0n) is 7.99. The Bertz CT molecular complexity index is 322. The van der Waals surface area contributed by atoms with Crippen molar-refractivity contribution in [2.45, 2.75) is 38.6 Å². The van der Waals surface area contributed by atoms with Gasteiger partial charge in [-0.3, -0.25) is 4.57 Å². The van der Waals surface area contributed by atoms with E-state index in [1.807, 2.05) is 10.8 Å². The molecule has 0 spiro atoms. The number of nitrogens with zero attached hydrogens (tertiary/aromatic N) is 1. The zero-order valence-corrected chi connectivity index (χ0v) is 7.99. The van der Waals surface area contributed by atoms with Crippen LogP contribution in [0.2, 0.25) is 0 Å². The summed E-state index contributed by atoms with van der Waals surface area (Å²) in [5.74, 6) is 0.881. The highest BCUT2D eigenvalue weighted by Gasteiger charge is 2.25. The van der Waals surface area contributed by atoms with Crippen molar-refractivity contribution < 1.29 is 0 Å². The van der Waals surface area contributed by atoms with Crippen LogP contribution in [0.1, 0.15) is 38.6 Å². The summed E-state index contributed by atoms with van der Waals surface area (Å²) in [6.45, 7) is 2.15. The molecule has 1 aliphatic carbocycles. The summed E-state index contributed by atoms with van der Waals surface area (Å²) in [6, 6.07) is 0.409. The molecule has 1 saturated carbocycles. The van der Waals surface area contributed by atoms with E-state index in [0.717, 1.165) is 12.3 Å². The van der Waals surface area contributed by atoms with Crippen LogP contribution < -0.4 is 5.69 Å². The van der Waals surface area contributed by atoms with Gasteiger partial charge in [-0.05, 0) is 18.8 Å². The Kier molecular flexibility index (Phi) is 2.25. The third-order valence-corrected chi connectivity index (χ3v) is 2.84. The fourth-order valence-corrected chi connectivity index (χ4v) is 1.83. The number of hydrogen-bond donors (Lipinski definition) is 1. The Balaban J connectivity index is 2.10. The Labute approximate surface area is 77.8 Å². The molecule has 3 heteroatoms. The van der Waals surface area contributed by atoms with Crippen LogP contribution in [0.4, 0.5) is 0 Å². The molecule has 1 aromatic heterocycles. The summed E-state index contributed by atoms with van der Waals surface area (Å²) in [7, 11) is 0. The second-order valence-corrected chi connectivity index (χ2v) is 3.91. The van der Waals surface area contributed by atoms with Gasteiger partial charge in [0.15, 0.2) is 0 Å². The van der Waals surface area contributed by atoms with Crippen LogP contribution >= 0.6 is 0 Å². The number of nitrogens with one attached hydrogen (secondary N) is 1. The third kappa shape index (κ3) is 1.85. The van der Waals surface area contributed by atoms with E-state index in [9.17, 15) is 4.79 Å². The molecule has 1 fully saturated rings. The van der Waals surface area contributed by atoms with Crippen LogP contribution in [0.25, 0.3) is 0 Å². The van der Waals surface area contributed by atoms with Crippen LogP contribution in [0.3, 0.4) is 0 Å². The average Bonchev–Trinajstić information content (AvgIpc) is 2.85. The highest BCUT2D eigenvalue weighted by Crippen LogP contribution is 2.37. The number of aromatic nitrogens is 2. The molecule has 2 rings (SSSR count). The molecule has 0 aliphatic heterocycles. The lowest BCUT2D eigenvalue weighted by Gasteiger charge is -2.14. The summed E-state index contributed by atoms with van der Waals surface area (Å²) >= 11 is 0. The van der Waals surface area contributed by atoms with E-state index in [0.29, 0.717) is 6.04 Å². The first-order chi connectivity index (χ1) is 6.31. The number of hydrogen-bond acceptors (Lipinski definition) is 1. The van der Waals surface area contributed by atoms with Crippen LogP contribution in [0.5, 0.6) is 0 Å². The number of rotatable bonds is 4. The van der Waals surface area contributed by atoms with E-state index >= 15 is 0 Å². The van der Waals surface area contributed by atoms with Gasteiger partial charge in [0, 0.05) is 18.4 Å². The summed E-state index contributed by atoms with van der Waals surface area (Å²) in [5.41, 5.74) is 0.0347. The lowest BCUT2D eigenvalue weighted by molar-refractivity contribution is 0.419. The Morgan fingerprint density at radius 1 is 1.69 bits per heavy atom. The SMILES string of the molecule is CCC(CC1CC1)n1cc[nH]c1=O. The van der Waals surface area contributed by atoms with Crippen LogP contribution in [-0.4, -0.2) is 9.55 Å². The third-order valence-electron chi connectivity index (χ3n) is 2.84. The maximum Gasteiger partial charge on any atom is 0.325 e. The predicted octanol–water partition coefficient (Wildman–Crippen LogP) is 1.93. The molecule has 0 aromatic carbocycles. The minimum absolute atomic E-state index is 0.0347. The Hall–Kier alpha value is -0.990. The monoisotopic (exact) mass is 180 g/mol. The number of imidazole rings is 1. The number of aromatic amines is 1. The highest BCUT2D eigenvalue weighted by atomic mass is 16.1. The van der Waals surface area contributed by atoms with Gasteiger partial charge in [0.05, 0.1) is 0 Å². The van der Waals surface area contributed by atoms with E-state index in [2.05, 4.69) is 11.9 Å². The lowest BCUT2D eigenvalue weighted by Crippen LogP contribution is -2.21. The number of H-pyrrole nitrogens is 1. The van der Waals surface area contributed by atoms with Crippen molar-refractivity contribution in [2.75, 3.05) is 0 Å². The first-order valence-corrected chi connectivity index (χ1v) is 5.06.